The number of hydrogen-bond acceptors (Lipinski definition) is 7. The number of ether oxygens (including phenoxy) is 3. The Morgan fingerprint density at radius 2 is 1.82 bits per heavy atom. The van der Waals surface area contributed by atoms with E-state index in [4.69, 9.17) is 19.3 Å². The number of esters is 1. The second kappa shape index (κ2) is 12.5. The zero-order valence-electron chi connectivity index (χ0n) is 22.6. The first-order valence-corrected chi connectivity index (χ1v) is 13.8. The maximum atomic E-state index is 13.6. The summed E-state index contributed by atoms with van der Waals surface area (Å²) in [5.74, 6) is -0.523. The Hall–Kier alpha value is -3.89. The van der Waals surface area contributed by atoms with Gasteiger partial charge in [-0.1, -0.05) is 24.3 Å². The molecule has 0 saturated carbocycles. The molecule has 2 N–H and O–H groups in total. The molecule has 1 saturated heterocycles. The van der Waals surface area contributed by atoms with Crippen molar-refractivity contribution in [2.75, 3.05) is 33.4 Å². The highest BCUT2D eigenvalue weighted by Crippen LogP contribution is 2.33. The predicted octanol–water partition coefficient (Wildman–Crippen LogP) is 3.48. The molecule has 0 unspecified atom stereocenters. The lowest BCUT2D eigenvalue weighted by Gasteiger charge is -2.35. The van der Waals surface area contributed by atoms with Crippen molar-refractivity contribution >= 4 is 22.9 Å². The summed E-state index contributed by atoms with van der Waals surface area (Å²) >= 11 is 0. The molecule has 3 aromatic rings. The fourth-order valence-electron chi connectivity index (χ4n) is 5.48. The Bertz CT molecular complexity index is 1420. The number of carbonyl (C=O) groups excluding carboxylic acids is 2. The van der Waals surface area contributed by atoms with Crippen LogP contribution in [0.5, 0.6) is 0 Å². The Morgan fingerprint density at radius 3 is 2.55 bits per heavy atom. The van der Waals surface area contributed by atoms with Crippen LogP contribution in [-0.2, 0) is 19.0 Å². The van der Waals surface area contributed by atoms with Crippen molar-refractivity contribution in [3.63, 3.8) is 0 Å². The Morgan fingerprint density at radius 1 is 1.07 bits per heavy atom. The van der Waals surface area contributed by atoms with Gasteiger partial charge in [0.2, 0.25) is 6.29 Å². The summed E-state index contributed by atoms with van der Waals surface area (Å²) in [5.41, 5.74) is 2.93. The number of unbranched alkanes of at least 4 members (excludes halogenated alkanes) is 1. The number of methoxy groups -OCH3 is 1. The number of benzene rings is 2. The van der Waals surface area contributed by atoms with E-state index in [0.29, 0.717) is 57.4 Å². The topological polar surface area (TPSA) is 123 Å². The molecule has 2 atom stereocenters. The van der Waals surface area contributed by atoms with Gasteiger partial charge in [-0.25, -0.2) is 9.59 Å². The standard InChI is InChI=1S/C30H35N3O7/c1-38-29(36)21-10-8-20(9-11-21)22-18-26(40-27(19-22)39-17-5-4-16-34)28(35)32-14-12-23(13-15-32)33-25-7-3-2-6-24(25)31-30(33)37/h2-3,6-11,18,22-23,27,34H,4-5,12-17,19H2,1H3,(H,31,37)/t22-,27+/m1/s1. The number of hydrogen-bond donors (Lipinski definition) is 2. The van der Waals surface area contributed by atoms with Crippen LogP contribution in [0, 0.1) is 0 Å². The van der Waals surface area contributed by atoms with Gasteiger partial charge in [0.25, 0.3) is 5.91 Å². The largest absolute Gasteiger partial charge is 0.465 e. The number of H-pyrrole nitrogens is 1. The predicted molar refractivity (Wildman–Crippen MR) is 148 cm³/mol. The van der Waals surface area contributed by atoms with E-state index in [9.17, 15) is 14.4 Å². The average molecular weight is 550 g/mol. The fourth-order valence-corrected chi connectivity index (χ4v) is 5.48. The van der Waals surface area contributed by atoms with Crippen molar-refractivity contribution in [3.8, 4) is 0 Å². The minimum Gasteiger partial charge on any atom is -0.465 e. The number of allylic oxidation sites excluding steroid dienone is 1. The normalized spacial score (nSPS) is 19.8. The summed E-state index contributed by atoms with van der Waals surface area (Å²) in [6.45, 7) is 1.49. The van der Waals surface area contributed by atoms with Crippen molar-refractivity contribution in [1.29, 1.82) is 0 Å². The van der Waals surface area contributed by atoms with Crippen molar-refractivity contribution < 1.29 is 28.9 Å². The number of para-hydroxylation sites is 2. The van der Waals surface area contributed by atoms with Gasteiger partial charge in [0.1, 0.15) is 0 Å². The lowest BCUT2D eigenvalue weighted by molar-refractivity contribution is -0.153. The number of imidazole rings is 1. The number of aromatic amines is 1. The summed E-state index contributed by atoms with van der Waals surface area (Å²) in [7, 11) is 1.34. The molecule has 0 bridgehead atoms. The van der Waals surface area contributed by atoms with E-state index in [2.05, 4.69) is 4.98 Å². The van der Waals surface area contributed by atoms with Crippen LogP contribution in [0.25, 0.3) is 11.0 Å². The Kier molecular flexibility index (Phi) is 8.66. The van der Waals surface area contributed by atoms with Gasteiger partial charge in [0, 0.05) is 38.1 Å². The van der Waals surface area contributed by atoms with Crippen LogP contribution in [0.4, 0.5) is 0 Å². The third-order valence-electron chi connectivity index (χ3n) is 7.63. The molecule has 1 amide bonds. The average Bonchev–Trinajstić information content (AvgIpc) is 3.34. The summed E-state index contributed by atoms with van der Waals surface area (Å²) in [5, 5.41) is 9.08. The zero-order chi connectivity index (χ0) is 28.1. The molecule has 1 fully saturated rings. The van der Waals surface area contributed by atoms with Crippen molar-refractivity contribution in [3.05, 3.63) is 82.0 Å². The van der Waals surface area contributed by atoms with Crippen LogP contribution in [-0.4, -0.2) is 71.1 Å². The van der Waals surface area contributed by atoms with E-state index in [0.717, 1.165) is 16.6 Å². The molecule has 0 radical (unpaired) electrons. The van der Waals surface area contributed by atoms with Gasteiger partial charge in [-0.05, 0) is 61.6 Å². The maximum Gasteiger partial charge on any atom is 0.337 e. The molecule has 1 aromatic heterocycles. The van der Waals surface area contributed by atoms with Crippen LogP contribution >= 0.6 is 0 Å². The van der Waals surface area contributed by atoms with Gasteiger partial charge in [-0.2, -0.15) is 0 Å². The number of amides is 1. The van der Waals surface area contributed by atoms with Gasteiger partial charge < -0.3 is 29.2 Å². The number of aliphatic hydroxyl groups excluding tert-OH is 1. The number of rotatable bonds is 9. The highest BCUT2D eigenvalue weighted by Gasteiger charge is 2.33. The van der Waals surface area contributed by atoms with E-state index in [1.54, 1.807) is 21.6 Å². The summed E-state index contributed by atoms with van der Waals surface area (Å²) in [6.07, 6.45) is 4.35. The number of aliphatic hydroxyl groups is 1. The molecule has 2 aliphatic rings. The Labute approximate surface area is 232 Å². The van der Waals surface area contributed by atoms with Crippen molar-refractivity contribution in [2.24, 2.45) is 0 Å². The summed E-state index contributed by atoms with van der Waals surface area (Å²) < 4.78 is 18.6. The molecule has 10 heteroatoms. The minimum absolute atomic E-state index is 0.00219. The molecule has 2 aliphatic heterocycles. The van der Waals surface area contributed by atoms with Crippen LogP contribution < -0.4 is 5.69 Å². The van der Waals surface area contributed by atoms with Gasteiger partial charge in [0.05, 0.1) is 30.3 Å². The van der Waals surface area contributed by atoms with Crippen LogP contribution in [0.2, 0.25) is 0 Å². The number of nitrogens with zero attached hydrogens (tertiary/aromatic N) is 2. The first-order chi connectivity index (χ1) is 19.5. The molecule has 40 heavy (non-hydrogen) atoms. The molecular formula is C30H35N3O7. The number of fused-ring (bicyclic) bond motifs is 1. The SMILES string of the molecule is COC(=O)c1ccc([C@@H]2C=C(C(=O)N3CCC(n4c(=O)[nH]c5ccccc54)CC3)O[C@H](OCCCCO)C2)cc1. The van der Waals surface area contributed by atoms with Gasteiger partial charge in [-0.3, -0.25) is 9.36 Å². The summed E-state index contributed by atoms with van der Waals surface area (Å²) in [4.78, 5) is 42.8. The number of piperidine rings is 1. The number of nitrogens with one attached hydrogen (secondary N) is 1. The van der Waals surface area contributed by atoms with E-state index < -0.39 is 12.3 Å². The lowest BCUT2D eigenvalue weighted by atomic mass is 9.92. The highest BCUT2D eigenvalue weighted by atomic mass is 16.7. The fraction of sp³-hybridized carbons (Fsp3) is 0.433. The van der Waals surface area contributed by atoms with Crippen molar-refractivity contribution in [1.82, 2.24) is 14.5 Å². The third kappa shape index (κ3) is 5.97. The third-order valence-corrected chi connectivity index (χ3v) is 7.63. The second-order valence-corrected chi connectivity index (χ2v) is 10.2. The minimum atomic E-state index is -0.615. The van der Waals surface area contributed by atoms with E-state index in [1.165, 1.54) is 7.11 Å². The molecule has 212 valence electrons. The molecule has 10 nitrogen and oxygen atoms in total. The highest BCUT2D eigenvalue weighted by molar-refractivity contribution is 5.92. The maximum absolute atomic E-state index is 13.6. The molecule has 5 rings (SSSR count). The zero-order valence-corrected chi connectivity index (χ0v) is 22.6. The van der Waals surface area contributed by atoms with E-state index >= 15 is 0 Å². The molecule has 3 heterocycles. The van der Waals surface area contributed by atoms with E-state index in [-0.39, 0.29) is 35.9 Å². The number of carbonyl (C=O) groups is 2. The Balaban J connectivity index is 1.30. The van der Waals surface area contributed by atoms with Gasteiger partial charge in [-0.15, -0.1) is 0 Å². The van der Waals surface area contributed by atoms with Gasteiger partial charge in [0.15, 0.2) is 5.76 Å². The smallest absolute Gasteiger partial charge is 0.337 e. The summed E-state index contributed by atoms with van der Waals surface area (Å²) in [6, 6.07) is 14.8. The van der Waals surface area contributed by atoms with Crippen LogP contribution in [0.15, 0.2) is 65.2 Å². The molecule has 0 aliphatic carbocycles. The molecule has 0 spiro atoms. The number of aromatic nitrogens is 2. The second-order valence-electron chi connectivity index (χ2n) is 10.2. The van der Waals surface area contributed by atoms with Crippen LogP contribution in [0.1, 0.15) is 60.0 Å². The molecular weight excluding hydrogens is 514 g/mol. The first kappa shape index (κ1) is 27.7. The monoisotopic (exact) mass is 549 g/mol. The van der Waals surface area contributed by atoms with Gasteiger partial charge >= 0.3 is 11.7 Å². The molecule has 2 aromatic carbocycles. The quantitative estimate of drug-likeness (QED) is 0.309. The van der Waals surface area contributed by atoms with Crippen LogP contribution in [0.3, 0.4) is 0 Å². The number of likely N-dealkylation sites (tertiary alicyclic amines) is 1. The lowest BCUT2D eigenvalue weighted by Crippen LogP contribution is -2.42. The van der Waals surface area contributed by atoms with Crippen molar-refractivity contribution in [2.45, 2.75) is 50.4 Å². The van der Waals surface area contributed by atoms with E-state index in [1.807, 2.05) is 42.5 Å². The first-order valence-electron chi connectivity index (χ1n) is 13.8.